The predicted octanol–water partition coefficient (Wildman–Crippen LogP) is 3.21. The Bertz CT molecular complexity index is 663. The van der Waals surface area contributed by atoms with Crippen LogP contribution in [0.5, 0.6) is 0 Å². The summed E-state index contributed by atoms with van der Waals surface area (Å²) in [5, 5.41) is 9.86. The minimum atomic E-state index is -0.0723. The SMILES string of the molecule is O=C(CCc1ccsc1)Nc1cccc(C(=O)NC2CC2)c1. The number of thiophene rings is 1. The number of carbonyl (C=O) groups is 2. The van der Waals surface area contributed by atoms with Gasteiger partial charge in [-0.1, -0.05) is 6.07 Å². The molecule has 3 rings (SSSR count). The van der Waals surface area contributed by atoms with Crippen LogP contribution in [0, 0.1) is 0 Å². The van der Waals surface area contributed by atoms with E-state index < -0.39 is 0 Å². The Hall–Kier alpha value is -2.14. The van der Waals surface area contributed by atoms with E-state index >= 15 is 0 Å². The Labute approximate surface area is 133 Å². The first kappa shape index (κ1) is 14.8. The normalized spacial score (nSPS) is 13.6. The molecule has 0 spiro atoms. The number of amides is 2. The fourth-order valence-corrected chi connectivity index (χ4v) is 2.85. The maximum Gasteiger partial charge on any atom is 0.251 e. The van der Waals surface area contributed by atoms with Gasteiger partial charge in [-0.05, 0) is 59.9 Å². The lowest BCUT2D eigenvalue weighted by molar-refractivity contribution is -0.116. The van der Waals surface area contributed by atoms with Crippen molar-refractivity contribution in [3.63, 3.8) is 0 Å². The maximum absolute atomic E-state index is 12.0. The highest BCUT2D eigenvalue weighted by molar-refractivity contribution is 7.07. The molecule has 2 N–H and O–H groups in total. The third-order valence-electron chi connectivity index (χ3n) is 3.54. The van der Waals surface area contributed by atoms with Gasteiger partial charge < -0.3 is 10.6 Å². The number of aryl methyl sites for hydroxylation is 1. The van der Waals surface area contributed by atoms with E-state index in [-0.39, 0.29) is 11.8 Å². The van der Waals surface area contributed by atoms with Crippen LogP contribution in [-0.4, -0.2) is 17.9 Å². The summed E-state index contributed by atoms with van der Waals surface area (Å²) in [5.74, 6) is -0.108. The molecule has 1 aromatic carbocycles. The molecule has 1 aromatic heterocycles. The summed E-state index contributed by atoms with van der Waals surface area (Å²) < 4.78 is 0. The first-order valence-electron chi connectivity index (χ1n) is 7.42. The van der Waals surface area contributed by atoms with Gasteiger partial charge in [0.25, 0.3) is 5.91 Å². The van der Waals surface area contributed by atoms with E-state index in [4.69, 9.17) is 0 Å². The fraction of sp³-hybridized carbons (Fsp3) is 0.294. The summed E-state index contributed by atoms with van der Waals surface area (Å²) in [6.45, 7) is 0. The Balaban J connectivity index is 1.54. The molecule has 1 aliphatic rings. The van der Waals surface area contributed by atoms with Crippen molar-refractivity contribution in [3.05, 3.63) is 52.2 Å². The number of carbonyl (C=O) groups excluding carboxylic acids is 2. The zero-order valence-electron chi connectivity index (χ0n) is 12.2. The summed E-state index contributed by atoms with van der Waals surface area (Å²) in [6, 6.07) is 9.43. The number of rotatable bonds is 6. The Kier molecular flexibility index (Phi) is 4.53. The number of hydrogen-bond donors (Lipinski definition) is 2. The van der Waals surface area contributed by atoms with Crippen LogP contribution in [0.4, 0.5) is 5.69 Å². The van der Waals surface area contributed by atoms with Crippen molar-refractivity contribution in [2.75, 3.05) is 5.32 Å². The Morgan fingerprint density at radius 3 is 2.82 bits per heavy atom. The summed E-state index contributed by atoms with van der Waals surface area (Å²) in [7, 11) is 0. The number of anilines is 1. The standard InChI is InChI=1S/C17H18N2O2S/c20-16(7-4-12-8-9-22-11-12)18-15-3-1-2-13(10-15)17(21)19-14-5-6-14/h1-3,8-11,14H,4-7H2,(H,18,20)(H,19,21). The lowest BCUT2D eigenvalue weighted by atomic mass is 10.1. The van der Waals surface area contributed by atoms with Crippen molar-refractivity contribution in [2.24, 2.45) is 0 Å². The van der Waals surface area contributed by atoms with E-state index in [2.05, 4.69) is 16.0 Å². The first-order chi connectivity index (χ1) is 10.7. The van der Waals surface area contributed by atoms with Crippen LogP contribution >= 0.6 is 11.3 Å². The number of nitrogens with one attached hydrogen (secondary N) is 2. The van der Waals surface area contributed by atoms with E-state index in [9.17, 15) is 9.59 Å². The Morgan fingerprint density at radius 2 is 2.09 bits per heavy atom. The molecule has 4 nitrogen and oxygen atoms in total. The summed E-state index contributed by atoms with van der Waals surface area (Å²) in [4.78, 5) is 24.0. The highest BCUT2D eigenvalue weighted by Gasteiger charge is 2.23. The maximum atomic E-state index is 12.0. The van der Waals surface area contributed by atoms with Crippen LogP contribution in [0.15, 0.2) is 41.1 Å². The molecule has 0 unspecified atom stereocenters. The molecular formula is C17H18N2O2S. The Morgan fingerprint density at radius 1 is 1.23 bits per heavy atom. The van der Waals surface area contributed by atoms with E-state index in [1.807, 2.05) is 11.4 Å². The van der Waals surface area contributed by atoms with Gasteiger partial charge in [0.05, 0.1) is 0 Å². The molecule has 0 atom stereocenters. The van der Waals surface area contributed by atoms with Gasteiger partial charge >= 0.3 is 0 Å². The van der Waals surface area contributed by atoms with Crippen LogP contribution in [0.3, 0.4) is 0 Å². The van der Waals surface area contributed by atoms with E-state index in [1.54, 1.807) is 35.6 Å². The van der Waals surface area contributed by atoms with Gasteiger partial charge in [-0.2, -0.15) is 11.3 Å². The quantitative estimate of drug-likeness (QED) is 0.860. The van der Waals surface area contributed by atoms with Crippen LogP contribution in [0.1, 0.15) is 35.2 Å². The van der Waals surface area contributed by atoms with Crippen molar-refractivity contribution in [1.82, 2.24) is 5.32 Å². The van der Waals surface area contributed by atoms with Gasteiger partial charge in [0, 0.05) is 23.7 Å². The number of benzene rings is 1. The second-order valence-electron chi connectivity index (χ2n) is 5.51. The highest BCUT2D eigenvalue weighted by Crippen LogP contribution is 2.20. The molecule has 114 valence electrons. The molecule has 0 aliphatic heterocycles. The monoisotopic (exact) mass is 314 g/mol. The fourth-order valence-electron chi connectivity index (χ4n) is 2.15. The predicted molar refractivity (Wildman–Crippen MR) is 88.2 cm³/mol. The van der Waals surface area contributed by atoms with Crippen LogP contribution in [-0.2, 0) is 11.2 Å². The topological polar surface area (TPSA) is 58.2 Å². The lowest BCUT2D eigenvalue weighted by Gasteiger charge is -2.08. The van der Waals surface area contributed by atoms with Crippen LogP contribution < -0.4 is 10.6 Å². The third kappa shape index (κ3) is 4.18. The molecule has 1 aliphatic carbocycles. The van der Waals surface area contributed by atoms with E-state index in [0.717, 1.165) is 19.3 Å². The van der Waals surface area contributed by atoms with E-state index in [0.29, 0.717) is 23.7 Å². The van der Waals surface area contributed by atoms with Gasteiger partial charge in [0.15, 0.2) is 0 Å². The second-order valence-corrected chi connectivity index (χ2v) is 6.29. The molecule has 0 saturated heterocycles. The molecule has 0 radical (unpaired) electrons. The minimum Gasteiger partial charge on any atom is -0.349 e. The molecule has 1 fully saturated rings. The van der Waals surface area contributed by atoms with E-state index in [1.165, 1.54) is 5.56 Å². The van der Waals surface area contributed by atoms with Crippen LogP contribution in [0.2, 0.25) is 0 Å². The second kappa shape index (κ2) is 6.75. The average Bonchev–Trinajstić information content (AvgIpc) is 3.17. The molecule has 2 amide bonds. The third-order valence-corrected chi connectivity index (χ3v) is 4.27. The van der Waals surface area contributed by atoms with Gasteiger partial charge in [-0.25, -0.2) is 0 Å². The molecule has 2 aromatic rings. The van der Waals surface area contributed by atoms with Gasteiger partial charge in [0.1, 0.15) is 0 Å². The number of hydrogen-bond acceptors (Lipinski definition) is 3. The van der Waals surface area contributed by atoms with Gasteiger partial charge in [-0.15, -0.1) is 0 Å². The molecule has 22 heavy (non-hydrogen) atoms. The summed E-state index contributed by atoms with van der Waals surface area (Å²) >= 11 is 1.63. The van der Waals surface area contributed by atoms with Crippen molar-refractivity contribution >= 4 is 28.8 Å². The smallest absolute Gasteiger partial charge is 0.251 e. The highest BCUT2D eigenvalue weighted by atomic mass is 32.1. The van der Waals surface area contributed by atoms with Gasteiger partial charge in [0.2, 0.25) is 5.91 Å². The largest absolute Gasteiger partial charge is 0.349 e. The lowest BCUT2D eigenvalue weighted by Crippen LogP contribution is -2.25. The molecule has 5 heteroatoms. The first-order valence-corrected chi connectivity index (χ1v) is 8.37. The van der Waals surface area contributed by atoms with Gasteiger partial charge in [-0.3, -0.25) is 9.59 Å². The van der Waals surface area contributed by atoms with Crippen LogP contribution in [0.25, 0.3) is 0 Å². The van der Waals surface area contributed by atoms with Crippen molar-refractivity contribution in [1.29, 1.82) is 0 Å². The molecule has 1 saturated carbocycles. The van der Waals surface area contributed by atoms with Crippen molar-refractivity contribution < 1.29 is 9.59 Å². The molecular weight excluding hydrogens is 296 g/mol. The zero-order valence-corrected chi connectivity index (χ0v) is 13.0. The average molecular weight is 314 g/mol. The summed E-state index contributed by atoms with van der Waals surface area (Å²) in [6.07, 6.45) is 3.29. The molecule has 1 heterocycles. The van der Waals surface area contributed by atoms with Crippen molar-refractivity contribution in [2.45, 2.75) is 31.7 Å². The summed E-state index contributed by atoms with van der Waals surface area (Å²) in [5.41, 5.74) is 2.43. The zero-order chi connectivity index (χ0) is 15.4. The minimum absolute atomic E-state index is 0.0362. The molecule has 0 bridgehead atoms. The van der Waals surface area contributed by atoms with Crippen molar-refractivity contribution in [3.8, 4) is 0 Å².